The number of aromatic nitrogens is 3. The molecule has 0 unspecified atom stereocenters. The zero-order valence-electron chi connectivity index (χ0n) is 15.3. The standard InChI is InChI=1S/C18H26N4O2S/c1-18(2,3)13-6-8-14(9-7-13)24-12-15-20-16(19)22-17(21-15)25-11-5-10-23-4/h6-9H,5,10-12H2,1-4H3,(H2,19,20,21,22). The van der Waals surface area contributed by atoms with E-state index in [0.717, 1.165) is 17.9 Å². The predicted molar refractivity (Wildman–Crippen MR) is 101 cm³/mol. The molecule has 2 rings (SSSR count). The van der Waals surface area contributed by atoms with E-state index in [2.05, 4.69) is 47.9 Å². The maximum absolute atomic E-state index is 5.78. The first-order valence-corrected chi connectivity index (χ1v) is 9.22. The number of anilines is 1. The third-order valence-electron chi connectivity index (χ3n) is 3.49. The number of hydrogen-bond donors (Lipinski definition) is 1. The molecule has 0 aliphatic heterocycles. The van der Waals surface area contributed by atoms with E-state index in [1.165, 1.54) is 17.3 Å². The van der Waals surface area contributed by atoms with Crippen LogP contribution in [0.5, 0.6) is 5.75 Å². The second kappa shape index (κ2) is 9.01. The van der Waals surface area contributed by atoms with E-state index in [-0.39, 0.29) is 18.0 Å². The Morgan fingerprint density at radius 1 is 1.08 bits per heavy atom. The van der Waals surface area contributed by atoms with Crippen molar-refractivity contribution in [2.75, 3.05) is 25.2 Å². The summed E-state index contributed by atoms with van der Waals surface area (Å²) in [4.78, 5) is 12.7. The van der Waals surface area contributed by atoms with Crippen molar-refractivity contribution in [3.05, 3.63) is 35.7 Å². The number of methoxy groups -OCH3 is 1. The SMILES string of the molecule is COCCCSc1nc(N)nc(COc2ccc(C(C)(C)C)cc2)n1. The molecule has 1 aromatic carbocycles. The molecule has 0 bridgehead atoms. The van der Waals surface area contributed by atoms with Crippen LogP contribution in [0.1, 0.15) is 38.6 Å². The first-order chi connectivity index (χ1) is 11.9. The van der Waals surface area contributed by atoms with Crippen LogP contribution in [-0.4, -0.2) is 34.4 Å². The quantitative estimate of drug-likeness (QED) is 0.569. The van der Waals surface area contributed by atoms with Crippen molar-refractivity contribution in [3.8, 4) is 5.75 Å². The second-order valence-corrected chi connectivity index (χ2v) is 7.71. The van der Waals surface area contributed by atoms with Crippen molar-refractivity contribution in [1.82, 2.24) is 15.0 Å². The van der Waals surface area contributed by atoms with Crippen LogP contribution in [0.15, 0.2) is 29.4 Å². The zero-order valence-corrected chi connectivity index (χ0v) is 16.1. The smallest absolute Gasteiger partial charge is 0.224 e. The summed E-state index contributed by atoms with van der Waals surface area (Å²) in [5, 5.41) is 0.616. The third kappa shape index (κ3) is 6.51. The van der Waals surface area contributed by atoms with E-state index in [1.807, 2.05) is 12.1 Å². The number of rotatable bonds is 8. The fraction of sp³-hybridized carbons (Fsp3) is 0.500. The molecule has 6 nitrogen and oxygen atoms in total. The minimum atomic E-state index is 0.121. The summed E-state index contributed by atoms with van der Waals surface area (Å²) in [6, 6.07) is 8.08. The normalized spacial score (nSPS) is 11.5. The highest BCUT2D eigenvalue weighted by Gasteiger charge is 2.13. The predicted octanol–water partition coefficient (Wildman–Crippen LogP) is 3.46. The molecule has 136 valence electrons. The highest BCUT2D eigenvalue weighted by atomic mass is 32.2. The largest absolute Gasteiger partial charge is 0.486 e. The Bertz CT molecular complexity index is 672. The van der Waals surface area contributed by atoms with Gasteiger partial charge in [-0.15, -0.1) is 0 Å². The van der Waals surface area contributed by atoms with Gasteiger partial charge in [0.1, 0.15) is 12.4 Å². The summed E-state index contributed by atoms with van der Waals surface area (Å²) in [6.45, 7) is 7.52. The Balaban J connectivity index is 1.94. The van der Waals surface area contributed by atoms with E-state index < -0.39 is 0 Å². The molecule has 1 aromatic heterocycles. The lowest BCUT2D eigenvalue weighted by Crippen LogP contribution is -2.11. The molecular weight excluding hydrogens is 336 g/mol. The van der Waals surface area contributed by atoms with Crippen molar-refractivity contribution in [3.63, 3.8) is 0 Å². The molecule has 1 heterocycles. The number of thioether (sulfide) groups is 1. The summed E-state index contributed by atoms with van der Waals surface area (Å²) in [5.41, 5.74) is 7.15. The van der Waals surface area contributed by atoms with E-state index in [0.29, 0.717) is 17.6 Å². The molecule has 0 aliphatic rings. The highest BCUT2D eigenvalue weighted by Crippen LogP contribution is 2.24. The first-order valence-electron chi connectivity index (χ1n) is 8.24. The average Bonchev–Trinajstić information content (AvgIpc) is 2.56. The van der Waals surface area contributed by atoms with E-state index in [9.17, 15) is 0 Å². The van der Waals surface area contributed by atoms with Crippen molar-refractivity contribution in [1.29, 1.82) is 0 Å². The van der Waals surface area contributed by atoms with E-state index in [4.69, 9.17) is 15.2 Å². The van der Waals surface area contributed by atoms with Crippen LogP contribution < -0.4 is 10.5 Å². The van der Waals surface area contributed by atoms with E-state index in [1.54, 1.807) is 7.11 Å². The Labute approximate surface area is 153 Å². The van der Waals surface area contributed by atoms with Crippen molar-refractivity contribution >= 4 is 17.7 Å². The number of ether oxygens (including phenoxy) is 2. The lowest BCUT2D eigenvalue weighted by Gasteiger charge is -2.19. The molecule has 25 heavy (non-hydrogen) atoms. The first kappa shape index (κ1) is 19.5. The third-order valence-corrected chi connectivity index (χ3v) is 4.42. The zero-order chi connectivity index (χ0) is 18.3. The van der Waals surface area contributed by atoms with Crippen LogP contribution in [0.25, 0.3) is 0 Å². The fourth-order valence-corrected chi connectivity index (χ4v) is 2.88. The molecule has 0 spiro atoms. The minimum Gasteiger partial charge on any atom is -0.486 e. The van der Waals surface area contributed by atoms with Gasteiger partial charge in [0.2, 0.25) is 5.95 Å². The number of nitrogens with zero attached hydrogens (tertiary/aromatic N) is 3. The lowest BCUT2D eigenvalue weighted by molar-refractivity contribution is 0.200. The second-order valence-electron chi connectivity index (χ2n) is 6.65. The molecule has 0 atom stereocenters. The minimum absolute atomic E-state index is 0.121. The van der Waals surface area contributed by atoms with Gasteiger partial charge in [-0.2, -0.15) is 9.97 Å². The Kier molecular flexibility index (Phi) is 7.01. The Morgan fingerprint density at radius 2 is 1.80 bits per heavy atom. The summed E-state index contributed by atoms with van der Waals surface area (Å²) in [6.07, 6.45) is 0.929. The maximum atomic E-state index is 5.78. The van der Waals surface area contributed by atoms with Gasteiger partial charge >= 0.3 is 0 Å². The van der Waals surface area contributed by atoms with Gasteiger partial charge in [0.05, 0.1) is 0 Å². The summed E-state index contributed by atoms with van der Waals surface area (Å²) in [5.74, 6) is 2.39. The molecule has 2 N–H and O–H groups in total. The summed E-state index contributed by atoms with van der Waals surface area (Å²) in [7, 11) is 1.69. The molecule has 0 fully saturated rings. The van der Waals surface area contributed by atoms with Gasteiger partial charge in [-0.25, -0.2) is 4.98 Å². The van der Waals surface area contributed by atoms with Crippen LogP contribution in [0.2, 0.25) is 0 Å². The van der Waals surface area contributed by atoms with Crippen molar-refractivity contribution in [2.24, 2.45) is 0 Å². The summed E-state index contributed by atoms with van der Waals surface area (Å²) < 4.78 is 10.8. The Morgan fingerprint density at radius 3 is 2.44 bits per heavy atom. The number of benzene rings is 1. The number of nitrogens with two attached hydrogens (primary N) is 1. The molecule has 7 heteroatoms. The number of hydrogen-bond acceptors (Lipinski definition) is 7. The van der Waals surface area contributed by atoms with Crippen molar-refractivity contribution in [2.45, 2.75) is 44.4 Å². The van der Waals surface area contributed by atoms with Crippen LogP contribution in [0, 0.1) is 0 Å². The van der Waals surface area contributed by atoms with Gasteiger partial charge in [0.25, 0.3) is 0 Å². The number of nitrogen functional groups attached to an aromatic ring is 1. The van der Waals surface area contributed by atoms with Crippen LogP contribution in [-0.2, 0) is 16.8 Å². The van der Waals surface area contributed by atoms with Gasteiger partial charge in [-0.05, 0) is 29.5 Å². The monoisotopic (exact) mass is 362 g/mol. The lowest BCUT2D eigenvalue weighted by atomic mass is 9.87. The molecule has 0 saturated carbocycles. The van der Waals surface area contributed by atoms with E-state index >= 15 is 0 Å². The van der Waals surface area contributed by atoms with Gasteiger partial charge in [0, 0.05) is 19.5 Å². The average molecular weight is 362 g/mol. The van der Waals surface area contributed by atoms with Crippen LogP contribution in [0.3, 0.4) is 0 Å². The highest BCUT2D eigenvalue weighted by molar-refractivity contribution is 7.99. The van der Waals surface area contributed by atoms with Crippen molar-refractivity contribution < 1.29 is 9.47 Å². The summed E-state index contributed by atoms with van der Waals surface area (Å²) >= 11 is 1.54. The van der Waals surface area contributed by atoms with Gasteiger partial charge < -0.3 is 15.2 Å². The van der Waals surface area contributed by atoms with Gasteiger partial charge in [-0.1, -0.05) is 44.7 Å². The molecular formula is C18H26N4O2S. The maximum Gasteiger partial charge on any atom is 0.224 e. The molecule has 0 radical (unpaired) electrons. The van der Waals surface area contributed by atoms with Crippen LogP contribution >= 0.6 is 11.8 Å². The van der Waals surface area contributed by atoms with Crippen LogP contribution in [0.4, 0.5) is 5.95 Å². The topological polar surface area (TPSA) is 83.2 Å². The van der Waals surface area contributed by atoms with Gasteiger partial charge in [0.15, 0.2) is 11.0 Å². The molecule has 0 saturated heterocycles. The molecule has 0 amide bonds. The molecule has 2 aromatic rings. The fourth-order valence-electron chi connectivity index (χ4n) is 2.11. The Hall–Kier alpha value is -1.86. The van der Waals surface area contributed by atoms with Gasteiger partial charge in [-0.3, -0.25) is 0 Å². The molecule has 0 aliphatic carbocycles.